The molecule has 0 radical (unpaired) electrons. The van der Waals surface area contributed by atoms with Crippen LogP contribution in [-0.2, 0) is 16.1 Å². The molecule has 1 aliphatic rings. The van der Waals surface area contributed by atoms with Crippen molar-refractivity contribution in [2.24, 2.45) is 5.41 Å². The zero-order chi connectivity index (χ0) is 21.0. The van der Waals surface area contributed by atoms with Gasteiger partial charge in [-0.15, -0.1) is 0 Å². The van der Waals surface area contributed by atoms with E-state index in [2.05, 4.69) is 36.3 Å². The molecule has 0 unspecified atom stereocenters. The third kappa shape index (κ3) is 5.26. The highest BCUT2D eigenvalue weighted by atomic mass is 16.5. The standard InChI is InChI=1S/C23H31N3O3/c1-23(2,3)15-26-12-11-24-22(28)19(26)13-21(27)25-14-18-17-8-6-5-7-16(17)9-10-20(18)29-4/h5-10,19H,11-15H2,1-4H3,(H,24,28)(H,25,27)/t19-/m1/s1. The van der Waals surface area contributed by atoms with Gasteiger partial charge in [0.15, 0.2) is 0 Å². The lowest BCUT2D eigenvalue weighted by molar-refractivity contribution is -0.134. The fraction of sp³-hybridized carbons (Fsp3) is 0.478. The summed E-state index contributed by atoms with van der Waals surface area (Å²) in [6.45, 7) is 8.95. The summed E-state index contributed by atoms with van der Waals surface area (Å²) in [5, 5.41) is 8.03. The van der Waals surface area contributed by atoms with Gasteiger partial charge in [0.1, 0.15) is 5.75 Å². The van der Waals surface area contributed by atoms with E-state index in [9.17, 15) is 9.59 Å². The van der Waals surface area contributed by atoms with Gasteiger partial charge in [-0.25, -0.2) is 0 Å². The minimum absolute atomic E-state index is 0.0582. The lowest BCUT2D eigenvalue weighted by Crippen LogP contribution is -2.58. The Labute approximate surface area is 172 Å². The first-order chi connectivity index (χ1) is 13.8. The van der Waals surface area contributed by atoms with E-state index in [1.165, 1.54) is 0 Å². The van der Waals surface area contributed by atoms with Gasteiger partial charge in [-0.05, 0) is 22.3 Å². The summed E-state index contributed by atoms with van der Waals surface area (Å²) in [6, 6.07) is 11.5. The Morgan fingerprint density at radius 1 is 1.24 bits per heavy atom. The molecule has 1 heterocycles. The zero-order valence-electron chi connectivity index (χ0n) is 17.7. The molecule has 1 fully saturated rings. The van der Waals surface area contributed by atoms with Gasteiger partial charge in [-0.2, -0.15) is 0 Å². The van der Waals surface area contributed by atoms with Crippen molar-refractivity contribution in [2.45, 2.75) is 39.8 Å². The minimum Gasteiger partial charge on any atom is -0.496 e. The highest BCUT2D eigenvalue weighted by Crippen LogP contribution is 2.28. The van der Waals surface area contributed by atoms with Gasteiger partial charge in [0.2, 0.25) is 11.8 Å². The molecule has 1 atom stereocenters. The van der Waals surface area contributed by atoms with Gasteiger partial charge in [-0.1, -0.05) is 51.1 Å². The van der Waals surface area contributed by atoms with E-state index >= 15 is 0 Å². The molecule has 1 aliphatic heterocycles. The number of hydrogen-bond donors (Lipinski definition) is 2. The number of fused-ring (bicyclic) bond motifs is 1. The molecular weight excluding hydrogens is 366 g/mol. The molecular formula is C23H31N3O3. The number of carbonyl (C=O) groups excluding carboxylic acids is 2. The lowest BCUT2D eigenvalue weighted by atomic mass is 9.94. The highest BCUT2D eigenvalue weighted by molar-refractivity contribution is 5.90. The number of hydrogen-bond acceptors (Lipinski definition) is 4. The first-order valence-electron chi connectivity index (χ1n) is 10.1. The maximum Gasteiger partial charge on any atom is 0.237 e. The van der Waals surface area contributed by atoms with Crippen molar-refractivity contribution in [1.29, 1.82) is 0 Å². The second kappa shape index (κ2) is 8.82. The largest absolute Gasteiger partial charge is 0.496 e. The first-order valence-corrected chi connectivity index (χ1v) is 10.1. The minimum atomic E-state index is -0.433. The maximum absolute atomic E-state index is 12.7. The summed E-state index contributed by atoms with van der Waals surface area (Å²) < 4.78 is 5.50. The van der Waals surface area contributed by atoms with Crippen molar-refractivity contribution in [3.05, 3.63) is 42.0 Å². The lowest BCUT2D eigenvalue weighted by Gasteiger charge is -2.38. The number of nitrogens with zero attached hydrogens (tertiary/aromatic N) is 1. The summed E-state index contributed by atoms with van der Waals surface area (Å²) in [4.78, 5) is 27.3. The Morgan fingerprint density at radius 3 is 2.72 bits per heavy atom. The van der Waals surface area contributed by atoms with Crippen molar-refractivity contribution in [3.63, 3.8) is 0 Å². The van der Waals surface area contributed by atoms with Crippen molar-refractivity contribution in [3.8, 4) is 5.75 Å². The Morgan fingerprint density at radius 2 is 2.00 bits per heavy atom. The first kappa shape index (κ1) is 21.1. The SMILES string of the molecule is COc1ccc2ccccc2c1CNC(=O)C[C@@H]1C(=O)NCCN1CC(C)(C)C. The van der Waals surface area contributed by atoms with Gasteiger partial charge < -0.3 is 15.4 Å². The van der Waals surface area contributed by atoms with Crippen LogP contribution in [0.4, 0.5) is 0 Å². The van der Waals surface area contributed by atoms with Crippen LogP contribution in [0, 0.1) is 5.41 Å². The topological polar surface area (TPSA) is 70.7 Å². The molecule has 0 bridgehead atoms. The Bertz CT molecular complexity index is 889. The second-order valence-corrected chi connectivity index (χ2v) is 8.79. The number of benzene rings is 2. The fourth-order valence-electron chi connectivity index (χ4n) is 3.91. The van der Waals surface area contributed by atoms with Crippen LogP contribution >= 0.6 is 0 Å². The molecule has 6 heteroatoms. The van der Waals surface area contributed by atoms with E-state index in [1.54, 1.807) is 7.11 Å². The Balaban J connectivity index is 1.71. The number of methoxy groups -OCH3 is 1. The molecule has 2 aromatic carbocycles. The third-order valence-electron chi connectivity index (χ3n) is 5.18. The van der Waals surface area contributed by atoms with Crippen molar-refractivity contribution in [2.75, 3.05) is 26.7 Å². The van der Waals surface area contributed by atoms with Crippen molar-refractivity contribution in [1.82, 2.24) is 15.5 Å². The molecule has 29 heavy (non-hydrogen) atoms. The van der Waals surface area contributed by atoms with Gasteiger partial charge in [0.05, 0.1) is 19.6 Å². The average Bonchev–Trinajstić information content (AvgIpc) is 2.67. The summed E-state index contributed by atoms with van der Waals surface area (Å²) in [5.74, 6) is 0.535. The number of carbonyl (C=O) groups is 2. The number of piperazine rings is 1. The number of rotatable bonds is 6. The molecule has 156 valence electrons. The molecule has 0 spiro atoms. The van der Waals surface area contributed by atoms with Gasteiger partial charge >= 0.3 is 0 Å². The van der Waals surface area contributed by atoms with E-state index in [0.717, 1.165) is 35.2 Å². The maximum atomic E-state index is 12.7. The summed E-state index contributed by atoms with van der Waals surface area (Å²) in [7, 11) is 1.63. The molecule has 3 rings (SSSR count). The van der Waals surface area contributed by atoms with Crippen LogP contribution in [0.25, 0.3) is 10.8 Å². The van der Waals surface area contributed by atoms with Crippen molar-refractivity contribution < 1.29 is 14.3 Å². The predicted octanol–water partition coefficient (Wildman–Crippen LogP) is 2.70. The van der Waals surface area contributed by atoms with Crippen LogP contribution in [0.15, 0.2) is 36.4 Å². The molecule has 0 aromatic heterocycles. The molecule has 0 saturated carbocycles. The molecule has 2 N–H and O–H groups in total. The van der Waals surface area contributed by atoms with Gasteiger partial charge in [-0.3, -0.25) is 14.5 Å². The quantitative estimate of drug-likeness (QED) is 0.786. The highest BCUT2D eigenvalue weighted by Gasteiger charge is 2.33. The summed E-state index contributed by atoms with van der Waals surface area (Å²) in [6.07, 6.45) is 0.148. The smallest absolute Gasteiger partial charge is 0.237 e. The molecule has 1 saturated heterocycles. The number of nitrogens with one attached hydrogen (secondary N) is 2. The van der Waals surface area contributed by atoms with Crippen LogP contribution in [0.3, 0.4) is 0 Å². The van der Waals surface area contributed by atoms with E-state index in [-0.39, 0.29) is 23.7 Å². The van der Waals surface area contributed by atoms with E-state index in [0.29, 0.717) is 13.1 Å². The van der Waals surface area contributed by atoms with Gasteiger partial charge in [0.25, 0.3) is 0 Å². The van der Waals surface area contributed by atoms with Crippen LogP contribution in [0.2, 0.25) is 0 Å². The van der Waals surface area contributed by atoms with E-state index < -0.39 is 6.04 Å². The zero-order valence-corrected chi connectivity index (χ0v) is 17.7. The normalized spacial score (nSPS) is 17.8. The summed E-state index contributed by atoms with van der Waals surface area (Å²) in [5.41, 5.74) is 1.00. The Hall–Kier alpha value is -2.60. The number of ether oxygens (including phenoxy) is 1. The van der Waals surface area contributed by atoms with Crippen molar-refractivity contribution >= 4 is 22.6 Å². The second-order valence-electron chi connectivity index (χ2n) is 8.79. The fourth-order valence-corrected chi connectivity index (χ4v) is 3.91. The van der Waals surface area contributed by atoms with Crippen LogP contribution in [-0.4, -0.2) is 49.5 Å². The monoisotopic (exact) mass is 397 g/mol. The summed E-state index contributed by atoms with van der Waals surface area (Å²) >= 11 is 0. The Kier molecular flexibility index (Phi) is 6.42. The van der Waals surface area contributed by atoms with Crippen LogP contribution < -0.4 is 15.4 Å². The molecule has 2 amide bonds. The molecule has 6 nitrogen and oxygen atoms in total. The van der Waals surface area contributed by atoms with Crippen LogP contribution in [0.5, 0.6) is 5.75 Å². The number of amides is 2. The van der Waals surface area contributed by atoms with E-state index in [4.69, 9.17) is 4.74 Å². The third-order valence-corrected chi connectivity index (χ3v) is 5.18. The van der Waals surface area contributed by atoms with Gasteiger partial charge in [0, 0.05) is 31.7 Å². The molecule has 0 aliphatic carbocycles. The predicted molar refractivity (Wildman–Crippen MR) is 115 cm³/mol. The average molecular weight is 398 g/mol. The van der Waals surface area contributed by atoms with E-state index in [1.807, 2.05) is 36.4 Å². The molecule has 2 aromatic rings. The van der Waals surface area contributed by atoms with Crippen LogP contribution in [0.1, 0.15) is 32.8 Å².